The molecular weight excluding hydrogens is 500 g/mol. The number of nitro benzene ring substituents is 1. The van der Waals surface area contributed by atoms with Gasteiger partial charge in [-0.3, -0.25) is 14.9 Å². The predicted octanol–water partition coefficient (Wildman–Crippen LogP) is 7.46. The van der Waals surface area contributed by atoms with Gasteiger partial charge < -0.3 is 15.2 Å². The van der Waals surface area contributed by atoms with Crippen LogP contribution in [0.15, 0.2) is 66.7 Å². The van der Waals surface area contributed by atoms with Crippen LogP contribution >= 0.6 is 0 Å². The zero-order valence-corrected chi connectivity index (χ0v) is 23.6. The number of aromatic nitrogens is 1. The molecule has 0 aliphatic carbocycles. The van der Waals surface area contributed by atoms with Crippen LogP contribution < -0.4 is 5.32 Å². The van der Waals surface area contributed by atoms with Crippen LogP contribution in [0, 0.1) is 23.0 Å². The first-order valence-electron chi connectivity index (χ1n) is 14.3. The molecule has 208 valence electrons. The summed E-state index contributed by atoms with van der Waals surface area (Å²) in [7, 11) is 0. The molecule has 2 heterocycles. The third kappa shape index (κ3) is 6.26. The van der Waals surface area contributed by atoms with Gasteiger partial charge in [-0.05, 0) is 111 Å². The SMILES string of the molecule is Cc1ccc2[nH]c(-c3ccc([N+](=O)[O-])cc3)c(CCCN3CCC(c4cccc(NC(=O)C(C)C)c4)CC3)c2c1. The highest BCUT2D eigenvalue weighted by Crippen LogP contribution is 2.34. The van der Waals surface area contributed by atoms with Crippen molar-refractivity contribution in [1.82, 2.24) is 9.88 Å². The van der Waals surface area contributed by atoms with Gasteiger partial charge in [0.25, 0.3) is 5.69 Å². The van der Waals surface area contributed by atoms with E-state index in [4.69, 9.17) is 0 Å². The summed E-state index contributed by atoms with van der Waals surface area (Å²) in [6.45, 7) is 9.09. The average molecular weight is 539 g/mol. The second kappa shape index (κ2) is 12.0. The fourth-order valence-corrected chi connectivity index (χ4v) is 5.74. The largest absolute Gasteiger partial charge is 0.354 e. The summed E-state index contributed by atoms with van der Waals surface area (Å²) in [6.07, 6.45) is 4.21. The van der Waals surface area contributed by atoms with Gasteiger partial charge in [0.2, 0.25) is 5.91 Å². The number of anilines is 1. The van der Waals surface area contributed by atoms with Crippen molar-refractivity contribution in [1.29, 1.82) is 0 Å². The minimum atomic E-state index is -0.357. The van der Waals surface area contributed by atoms with Crippen LogP contribution in [-0.2, 0) is 11.2 Å². The lowest BCUT2D eigenvalue weighted by molar-refractivity contribution is -0.384. The fourth-order valence-electron chi connectivity index (χ4n) is 5.74. The molecule has 40 heavy (non-hydrogen) atoms. The van der Waals surface area contributed by atoms with Gasteiger partial charge in [0, 0.05) is 40.3 Å². The molecule has 1 aliphatic heterocycles. The Labute approximate surface area is 235 Å². The Morgan fingerprint density at radius 3 is 2.52 bits per heavy atom. The average Bonchev–Trinajstić information content (AvgIpc) is 3.31. The van der Waals surface area contributed by atoms with Gasteiger partial charge in [-0.15, -0.1) is 0 Å². The van der Waals surface area contributed by atoms with E-state index in [0.717, 1.165) is 67.8 Å². The smallest absolute Gasteiger partial charge is 0.269 e. The third-order valence-corrected chi connectivity index (χ3v) is 8.07. The van der Waals surface area contributed by atoms with E-state index in [2.05, 4.69) is 52.5 Å². The van der Waals surface area contributed by atoms with Crippen molar-refractivity contribution < 1.29 is 9.72 Å². The number of carbonyl (C=O) groups is 1. The van der Waals surface area contributed by atoms with E-state index >= 15 is 0 Å². The van der Waals surface area contributed by atoms with E-state index in [9.17, 15) is 14.9 Å². The number of likely N-dealkylation sites (tertiary alicyclic amines) is 1. The molecule has 7 nitrogen and oxygen atoms in total. The van der Waals surface area contributed by atoms with Gasteiger partial charge in [0.05, 0.1) is 4.92 Å². The molecule has 1 saturated heterocycles. The first-order chi connectivity index (χ1) is 19.3. The lowest BCUT2D eigenvalue weighted by Gasteiger charge is -2.32. The number of non-ortho nitro benzene ring substituents is 1. The Morgan fingerprint density at radius 1 is 1.07 bits per heavy atom. The van der Waals surface area contributed by atoms with Crippen molar-refractivity contribution in [3.63, 3.8) is 0 Å². The molecule has 4 aromatic rings. The highest BCUT2D eigenvalue weighted by atomic mass is 16.6. The van der Waals surface area contributed by atoms with Gasteiger partial charge >= 0.3 is 0 Å². The lowest BCUT2D eigenvalue weighted by Crippen LogP contribution is -2.33. The second-order valence-electron chi connectivity index (χ2n) is 11.3. The minimum Gasteiger partial charge on any atom is -0.354 e. The molecule has 1 fully saturated rings. The summed E-state index contributed by atoms with van der Waals surface area (Å²) in [6, 6.07) is 21.6. The van der Waals surface area contributed by atoms with Crippen LogP contribution in [0.25, 0.3) is 22.2 Å². The summed E-state index contributed by atoms with van der Waals surface area (Å²) >= 11 is 0. The normalized spacial score (nSPS) is 14.6. The van der Waals surface area contributed by atoms with Gasteiger partial charge in [-0.1, -0.05) is 37.6 Å². The Hall–Kier alpha value is -3.97. The maximum Gasteiger partial charge on any atom is 0.269 e. The lowest BCUT2D eigenvalue weighted by atomic mass is 9.89. The molecule has 1 amide bonds. The first kappa shape index (κ1) is 27.6. The van der Waals surface area contributed by atoms with Crippen LogP contribution in [0.2, 0.25) is 0 Å². The van der Waals surface area contributed by atoms with Crippen molar-refractivity contribution in [3.05, 3.63) is 93.5 Å². The number of nitrogens with one attached hydrogen (secondary N) is 2. The van der Waals surface area contributed by atoms with Crippen LogP contribution in [0.5, 0.6) is 0 Å². The molecule has 3 aromatic carbocycles. The maximum atomic E-state index is 12.1. The molecule has 2 N–H and O–H groups in total. The van der Waals surface area contributed by atoms with Crippen molar-refractivity contribution >= 4 is 28.2 Å². The number of hydrogen-bond donors (Lipinski definition) is 2. The van der Waals surface area contributed by atoms with Crippen molar-refractivity contribution in [2.75, 3.05) is 25.0 Å². The van der Waals surface area contributed by atoms with Gasteiger partial charge in [-0.25, -0.2) is 0 Å². The standard InChI is InChI=1S/C33H38N4O3/c1-22(2)33(38)34-27-7-4-6-26(21-27)24-15-18-36(19-16-24)17-5-8-29-30-20-23(3)9-14-31(30)35-32(29)25-10-12-28(13-11-25)37(39)40/h4,6-7,9-14,20-22,24,35H,5,8,15-19H2,1-3H3,(H,34,38). The van der Waals surface area contributed by atoms with Gasteiger partial charge in [0.1, 0.15) is 0 Å². The molecular formula is C33H38N4O3. The number of aryl methyl sites for hydroxylation is 2. The van der Waals surface area contributed by atoms with E-state index in [1.54, 1.807) is 12.1 Å². The van der Waals surface area contributed by atoms with E-state index in [1.807, 2.05) is 38.1 Å². The van der Waals surface area contributed by atoms with Crippen LogP contribution in [0.3, 0.4) is 0 Å². The monoisotopic (exact) mass is 538 g/mol. The van der Waals surface area contributed by atoms with Crippen LogP contribution in [0.1, 0.15) is 55.7 Å². The van der Waals surface area contributed by atoms with E-state index in [1.165, 1.54) is 22.1 Å². The summed E-state index contributed by atoms with van der Waals surface area (Å²) in [5, 5.41) is 15.4. The Morgan fingerprint density at radius 2 is 1.82 bits per heavy atom. The molecule has 5 rings (SSSR count). The van der Waals surface area contributed by atoms with Crippen molar-refractivity contribution in [3.8, 4) is 11.3 Å². The molecule has 1 aliphatic rings. The summed E-state index contributed by atoms with van der Waals surface area (Å²) < 4.78 is 0. The number of benzene rings is 3. The molecule has 0 unspecified atom stereocenters. The van der Waals surface area contributed by atoms with Gasteiger partial charge in [-0.2, -0.15) is 0 Å². The number of aromatic amines is 1. The molecule has 0 spiro atoms. The quantitative estimate of drug-likeness (QED) is 0.171. The third-order valence-electron chi connectivity index (χ3n) is 8.07. The Bertz CT molecular complexity index is 1500. The minimum absolute atomic E-state index is 0.0367. The molecule has 0 atom stereocenters. The highest BCUT2D eigenvalue weighted by molar-refractivity contribution is 5.92. The number of H-pyrrole nitrogens is 1. The molecule has 1 aromatic heterocycles. The molecule has 0 radical (unpaired) electrons. The van der Waals surface area contributed by atoms with E-state index < -0.39 is 0 Å². The van der Waals surface area contributed by atoms with Gasteiger partial charge in [0.15, 0.2) is 0 Å². The van der Waals surface area contributed by atoms with Crippen molar-refractivity contribution in [2.45, 2.75) is 52.4 Å². The number of carbonyl (C=O) groups excluding carboxylic acids is 1. The maximum absolute atomic E-state index is 12.1. The Balaban J connectivity index is 1.22. The number of amides is 1. The number of rotatable bonds is 9. The zero-order valence-electron chi connectivity index (χ0n) is 23.6. The molecule has 0 saturated carbocycles. The second-order valence-corrected chi connectivity index (χ2v) is 11.3. The van der Waals surface area contributed by atoms with Crippen LogP contribution in [0.4, 0.5) is 11.4 Å². The van der Waals surface area contributed by atoms with Crippen LogP contribution in [-0.4, -0.2) is 40.3 Å². The number of nitrogens with zero attached hydrogens (tertiary/aromatic N) is 2. The topological polar surface area (TPSA) is 91.3 Å². The number of hydrogen-bond acceptors (Lipinski definition) is 4. The highest BCUT2D eigenvalue weighted by Gasteiger charge is 2.22. The van der Waals surface area contributed by atoms with E-state index in [0.29, 0.717) is 5.92 Å². The summed E-state index contributed by atoms with van der Waals surface area (Å²) in [5.41, 5.74) is 7.93. The first-order valence-corrected chi connectivity index (χ1v) is 14.3. The zero-order chi connectivity index (χ0) is 28.2. The number of nitro groups is 1. The number of piperidine rings is 1. The van der Waals surface area contributed by atoms with Crippen molar-refractivity contribution in [2.24, 2.45) is 5.92 Å². The molecule has 7 heteroatoms. The number of fused-ring (bicyclic) bond motifs is 1. The van der Waals surface area contributed by atoms with E-state index in [-0.39, 0.29) is 22.4 Å². The predicted molar refractivity (Wildman–Crippen MR) is 162 cm³/mol. The summed E-state index contributed by atoms with van der Waals surface area (Å²) in [5.74, 6) is 0.525. The Kier molecular flexibility index (Phi) is 8.31. The molecule has 0 bridgehead atoms. The summed E-state index contributed by atoms with van der Waals surface area (Å²) in [4.78, 5) is 29.0. The fraction of sp³-hybridized carbons (Fsp3) is 0.364.